The van der Waals surface area contributed by atoms with Gasteiger partial charge in [0.25, 0.3) is 0 Å². The summed E-state index contributed by atoms with van der Waals surface area (Å²) in [6.45, 7) is 5.34. The summed E-state index contributed by atoms with van der Waals surface area (Å²) in [6.07, 6.45) is 11.5. The Hall–Kier alpha value is -1.99. The summed E-state index contributed by atoms with van der Waals surface area (Å²) in [4.78, 5) is 12.3. The van der Waals surface area contributed by atoms with E-state index in [1.54, 1.807) is 19.2 Å². The normalized spacial score (nSPS) is 16.1. The molecule has 21 heavy (non-hydrogen) atoms. The second-order valence-electron chi connectivity index (χ2n) is 5.10. The van der Waals surface area contributed by atoms with Crippen molar-refractivity contribution in [3.05, 3.63) is 34.5 Å². The van der Waals surface area contributed by atoms with Crippen LogP contribution in [0.15, 0.2) is 23.0 Å². The molecule has 4 nitrogen and oxygen atoms in total. The van der Waals surface area contributed by atoms with Crippen LogP contribution >= 0.6 is 11.6 Å². The van der Waals surface area contributed by atoms with E-state index in [4.69, 9.17) is 23.4 Å². The molecule has 0 bridgehead atoms. The van der Waals surface area contributed by atoms with Crippen molar-refractivity contribution in [2.75, 3.05) is 0 Å². The van der Waals surface area contributed by atoms with Crippen molar-refractivity contribution in [3.8, 4) is 12.3 Å². The highest BCUT2D eigenvalue weighted by atomic mass is 35.5. The number of halogens is 1. The maximum atomic E-state index is 8.10. The number of nitrogens with one attached hydrogen (secondary N) is 1. The van der Waals surface area contributed by atoms with Crippen LogP contribution in [0.2, 0.25) is 5.02 Å². The Balaban J connectivity index is 2.15. The van der Waals surface area contributed by atoms with Crippen molar-refractivity contribution < 1.29 is 0 Å². The Morgan fingerprint density at radius 1 is 1.71 bits per heavy atom. The molecule has 1 aromatic heterocycles. The minimum atomic E-state index is -0.340. The molecule has 0 amide bonds. The summed E-state index contributed by atoms with van der Waals surface area (Å²) in [7, 11) is 0. The summed E-state index contributed by atoms with van der Waals surface area (Å²) in [5.41, 5.74) is 1.89. The molecule has 1 heterocycles. The van der Waals surface area contributed by atoms with E-state index in [-0.39, 0.29) is 5.92 Å². The molecule has 1 N–H and O–H groups in total. The van der Waals surface area contributed by atoms with Gasteiger partial charge in [0.05, 0.1) is 16.6 Å². The Kier molecular flexibility index (Phi) is 4.87. The average Bonchev–Trinajstić information content (AvgIpc) is 3.29. The van der Waals surface area contributed by atoms with Crippen LogP contribution in [0, 0.1) is 30.6 Å². The van der Waals surface area contributed by atoms with Crippen molar-refractivity contribution >= 4 is 24.0 Å². The molecule has 1 aliphatic carbocycles. The molecule has 1 unspecified atom stereocenters. The molecule has 0 aromatic carbocycles. The van der Waals surface area contributed by atoms with E-state index in [2.05, 4.69) is 27.6 Å². The summed E-state index contributed by atoms with van der Waals surface area (Å²) in [6, 6.07) is 0. The van der Waals surface area contributed by atoms with Crippen molar-refractivity contribution in [2.24, 2.45) is 10.9 Å². The first-order chi connectivity index (χ1) is 10.0. The summed E-state index contributed by atoms with van der Waals surface area (Å²) < 4.78 is 0. The smallest absolute Gasteiger partial charge is 0.125 e. The number of aryl methyl sites for hydroxylation is 1. The Bertz CT molecular complexity index is 638. The Morgan fingerprint density at radius 3 is 3.00 bits per heavy atom. The van der Waals surface area contributed by atoms with Crippen LogP contribution in [-0.2, 0) is 0 Å². The molecule has 1 aromatic rings. The first-order valence-electron chi connectivity index (χ1n) is 6.76. The van der Waals surface area contributed by atoms with Crippen LogP contribution in [-0.4, -0.2) is 22.4 Å². The zero-order valence-electron chi connectivity index (χ0n) is 11.9. The zero-order valence-corrected chi connectivity index (χ0v) is 12.7. The molecule has 5 heteroatoms. The van der Waals surface area contributed by atoms with Crippen molar-refractivity contribution in [1.29, 1.82) is 5.41 Å². The summed E-state index contributed by atoms with van der Waals surface area (Å²) in [5, 5.41) is 8.54. The van der Waals surface area contributed by atoms with Gasteiger partial charge < -0.3 is 5.41 Å². The molecule has 0 spiro atoms. The fraction of sp³-hybridized carbons (Fsp3) is 0.375. The molecule has 1 atom stereocenters. The number of hydrogen-bond donors (Lipinski definition) is 1. The molecule has 0 radical (unpaired) electrons. The first kappa shape index (κ1) is 15.4. The predicted molar refractivity (Wildman–Crippen MR) is 86.1 cm³/mol. The second-order valence-corrected chi connectivity index (χ2v) is 5.51. The van der Waals surface area contributed by atoms with Gasteiger partial charge in [-0.2, -0.15) is 0 Å². The highest BCUT2D eigenvalue weighted by Crippen LogP contribution is 2.37. The number of aliphatic imine (C=N–C) groups is 1. The van der Waals surface area contributed by atoms with Crippen molar-refractivity contribution in [1.82, 2.24) is 9.97 Å². The van der Waals surface area contributed by atoms with E-state index in [0.717, 1.165) is 18.5 Å². The Morgan fingerprint density at radius 2 is 2.43 bits per heavy atom. The van der Waals surface area contributed by atoms with Crippen LogP contribution in [0.4, 0.5) is 0 Å². The number of terminal acetylenes is 1. The highest BCUT2D eigenvalue weighted by Gasteiger charge is 2.26. The molecule has 1 saturated carbocycles. The van der Waals surface area contributed by atoms with Crippen LogP contribution in [0.25, 0.3) is 0 Å². The first-order valence-corrected chi connectivity index (χ1v) is 7.13. The van der Waals surface area contributed by atoms with E-state index in [9.17, 15) is 0 Å². The topological polar surface area (TPSA) is 62.0 Å². The van der Waals surface area contributed by atoms with E-state index < -0.39 is 0 Å². The van der Waals surface area contributed by atoms with Crippen LogP contribution in [0.5, 0.6) is 0 Å². The van der Waals surface area contributed by atoms with E-state index in [1.807, 2.05) is 0 Å². The fourth-order valence-corrected chi connectivity index (χ4v) is 2.30. The number of rotatable bonds is 6. The highest BCUT2D eigenvalue weighted by molar-refractivity contribution is 6.31. The van der Waals surface area contributed by atoms with E-state index in [1.165, 1.54) is 0 Å². The second kappa shape index (κ2) is 6.64. The lowest BCUT2D eigenvalue weighted by Crippen LogP contribution is -2.08. The maximum Gasteiger partial charge on any atom is 0.125 e. The van der Waals surface area contributed by atoms with Gasteiger partial charge in [0.2, 0.25) is 0 Å². The minimum absolute atomic E-state index is 0.340. The van der Waals surface area contributed by atoms with Gasteiger partial charge in [0, 0.05) is 29.9 Å². The van der Waals surface area contributed by atoms with Gasteiger partial charge in [-0.05, 0) is 32.6 Å². The van der Waals surface area contributed by atoms with Gasteiger partial charge in [0.1, 0.15) is 5.82 Å². The molecular weight excluding hydrogens is 284 g/mol. The fourth-order valence-electron chi connectivity index (χ4n) is 2.08. The molecule has 2 rings (SSSR count). The third kappa shape index (κ3) is 3.99. The quantitative estimate of drug-likeness (QED) is 0.645. The third-order valence-corrected chi connectivity index (χ3v) is 3.64. The molecule has 0 saturated heterocycles. The maximum absolute atomic E-state index is 8.10. The van der Waals surface area contributed by atoms with E-state index >= 15 is 0 Å². The lowest BCUT2D eigenvalue weighted by Gasteiger charge is -2.12. The molecule has 1 aliphatic rings. The van der Waals surface area contributed by atoms with E-state index in [0.29, 0.717) is 34.6 Å². The lowest BCUT2D eigenvalue weighted by molar-refractivity contribution is 0.843. The number of allylic oxidation sites excluding steroid dienone is 2. The third-order valence-electron chi connectivity index (χ3n) is 3.35. The van der Waals surface area contributed by atoms with Crippen LogP contribution in [0.3, 0.4) is 0 Å². The largest absolute Gasteiger partial charge is 0.305 e. The number of hydrogen-bond acceptors (Lipinski definition) is 4. The van der Waals surface area contributed by atoms with Gasteiger partial charge >= 0.3 is 0 Å². The van der Waals surface area contributed by atoms with Gasteiger partial charge in [-0.25, -0.2) is 9.97 Å². The monoisotopic (exact) mass is 300 g/mol. The lowest BCUT2D eigenvalue weighted by atomic mass is 9.98. The number of nitrogens with zero attached hydrogens (tertiary/aromatic N) is 3. The van der Waals surface area contributed by atoms with Gasteiger partial charge in [-0.15, -0.1) is 6.42 Å². The van der Waals surface area contributed by atoms with Crippen molar-refractivity contribution in [3.63, 3.8) is 0 Å². The summed E-state index contributed by atoms with van der Waals surface area (Å²) >= 11 is 6.11. The predicted octanol–water partition coefficient (Wildman–Crippen LogP) is 3.56. The summed E-state index contributed by atoms with van der Waals surface area (Å²) in [5.74, 6) is 3.39. The zero-order chi connectivity index (χ0) is 15.4. The molecular formula is C16H17ClN4. The number of aromatic nitrogens is 2. The SMILES string of the molecule is C#CC(CC(=N)C=C(N=C)C1CC1)c1nc(C)ncc1Cl. The van der Waals surface area contributed by atoms with Gasteiger partial charge in [-0.1, -0.05) is 17.5 Å². The average molecular weight is 301 g/mol. The van der Waals surface area contributed by atoms with Crippen LogP contribution in [0.1, 0.15) is 36.7 Å². The molecule has 0 aliphatic heterocycles. The molecule has 1 fully saturated rings. The van der Waals surface area contributed by atoms with Gasteiger partial charge in [0.15, 0.2) is 0 Å². The Labute approximate surface area is 129 Å². The van der Waals surface area contributed by atoms with Crippen LogP contribution < -0.4 is 0 Å². The minimum Gasteiger partial charge on any atom is -0.305 e. The standard InChI is InChI=1S/C16H17ClN4/c1-4-11(16-14(17)9-20-10(2)21-16)7-13(18)8-15(19-3)12-5-6-12/h1,8-9,11-12,18H,3,5-7H2,2H3. The molecule has 108 valence electrons. The van der Waals surface area contributed by atoms with Gasteiger partial charge in [-0.3, -0.25) is 4.99 Å². The van der Waals surface area contributed by atoms with Crippen molar-refractivity contribution in [2.45, 2.75) is 32.1 Å².